The minimum Gasteiger partial charge on any atom is -0.308 e. The molecule has 0 bridgehead atoms. The van der Waals surface area contributed by atoms with E-state index in [9.17, 15) is 0 Å². The van der Waals surface area contributed by atoms with Gasteiger partial charge in [-0.25, -0.2) is 4.98 Å². The third kappa shape index (κ3) is 2.20. The Kier molecular flexibility index (Phi) is 4.01. The van der Waals surface area contributed by atoms with Crippen LogP contribution in [0.3, 0.4) is 0 Å². The molecule has 0 saturated carbocycles. The van der Waals surface area contributed by atoms with Gasteiger partial charge in [-0.2, -0.15) is 0 Å². The van der Waals surface area contributed by atoms with E-state index >= 15 is 4.57 Å². The van der Waals surface area contributed by atoms with Crippen LogP contribution in [0, 0.1) is 5.41 Å². The molecule has 1 atom stereocenters. The molecule has 1 aliphatic carbocycles. The summed E-state index contributed by atoms with van der Waals surface area (Å²) in [5.74, 6) is 0.825. The molecule has 3 aromatic rings. The van der Waals surface area contributed by atoms with Gasteiger partial charge in [0.25, 0.3) is 7.44 Å². The van der Waals surface area contributed by atoms with Gasteiger partial charge in [-0.05, 0) is 72.4 Å². The minimum atomic E-state index is -3.05. The number of fused-ring (bicyclic) bond motifs is 6. The Morgan fingerprint density at radius 1 is 0.906 bits per heavy atom. The van der Waals surface area contributed by atoms with Crippen molar-refractivity contribution in [2.75, 3.05) is 11.7 Å². The summed E-state index contributed by atoms with van der Waals surface area (Å²) in [4.78, 5) is 5.14. The molecule has 0 saturated heterocycles. The lowest BCUT2D eigenvalue weighted by molar-refractivity contribution is 0.125. The van der Waals surface area contributed by atoms with E-state index in [0.717, 1.165) is 28.1 Å². The number of rotatable bonds is 0. The minimum absolute atomic E-state index is 0.00652. The van der Waals surface area contributed by atoms with Crippen molar-refractivity contribution in [2.24, 2.45) is 5.41 Å². The van der Waals surface area contributed by atoms with Crippen LogP contribution >= 0.6 is 7.44 Å². The Hall–Kier alpha value is -2.06. The maximum absolute atomic E-state index is 15.0. The van der Waals surface area contributed by atoms with E-state index in [1.165, 1.54) is 11.1 Å². The van der Waals surface area contributed by atoms with Gasteiger partial charge in [0.1, 0.15) is 5.82 Å². The van der Waals surface area contributed by atoms with E-state index in [1.807, 2.05) is 23.9 Å². The second kappa shape index (κ2) is 5.89. The number of benzene rings is 2. The van der Waals surface area contributed by atoms with Gasteiger partial charge in [0.05, 0.1) is 21.9 Å². The Morgan fingerprint density at radius 2 is 1.47 bits per heavy atom. The van der Waals surface area contributed by atoms with Crippen molar-refractivity contribution in [1.82, 2.24) is 9.32 Å². The molecule has 0 amide bonds. The molecule has 4 nitrogen and oxygen atoms in total. The van der Waals surface area contributed by atoms with E-state index in [2.05, 4.69) is 90.9 Å². The molecular weight excluding hydrogens is 413 g/mol. The fourth-order valence-corrected chi connectivity index (χ4v) is 9.12. The average molecular weight is 450 g/mol. The molecule has 170 valence electrons. The highest BCUT2D eigenvalue weighted by atomic mass is 31.2. The lowest BCUT2D eigenvalue weighted by atomic mass is 9.59. The molecule has 1 unspecified atom stereocenters. The first kappa shape index (κ1) is 21.8. The van der Waals surface area contributed by atoms with Gasteiger partial charge in [0.2, 0.25) is 0 Å². The molecule has 2 heterocycles. The van der Waals surface area contributed by atoms with Crippen LogP contribution in [0.5, 0.6) is 0 Å². The van der Waals surface area contributed by atoms with Crippen molar-refractivity contribution >= 4 is 24.2 Å². The second-order valence-electron chi connectivity index (χ2n) is 12.3. The number of imidazole rings is 1. The molecule has 2 aliphatic rings. The van der Waals surface area contributed by atoms with Crippen LogP contribution in [-0.2, 0) is 15.4 Å². The molecule has 5 rings (SSSR count). The summed E-state index contributed by atoms with van der Waals surface area (Å²) in [6, 6.07) is 12.8. The van der Waals surface area contributed by atoms with Gasteiger partial charge in [-0.3, -0.25) is 8.90 Å². The molecule has 0 radical (unpaired) electrons. The van der Waals surface area contributed by atoms with E-state index in [1.54, 1.807) is 0 Å². The Labute approximate surface area is 192 Å². The van der Waals surface area contributed by atoms with Gasteiger partial charge in [-0.1, -0.05) is 53.7 Å². The predicted octanol–water partition coefficient (Wildman–Crippen LogP) is 7.59. The van der Waals surface area contributed by atoms with Crippen LogP contribution in [0.15, 0.2) is 36.4 Å². The molecule has 32 heavy (non-hydrogen) atoms. The fraction of sp³-hybridized carbons (Fsp3) is 0.519. The summed E-state index contributed by atoms with van der Waals surface area (Å²) in [5.41, 5.74) is 6.73. The summed E-state index contributed by atoms with van der Waals surface area (Å²) in [6.45, 7) is 20.4. The highest BCUT2D eigenvalue weighted by Gasteiger charge is 2.57. The van der Waals surface area contributed by atoms with E-state index in [-0.39, 0.29) is 16.2 Å². The van der Waals surface area contributed by atoms with Crippen molar-refractivity contribution < 1.29 is 4.57 Å². The van der Waals surface area contributed by atoms with Gasteiger partial charge in [-0.15, -0.1) is 0 Å². The van der Waals surface area contributed by atoms with Crippen LogP contribution < -0.4 is 4.67 Å². The third-order valence-corrected chi connectivity index (χ3v) is 13.0. The first-order chi connectivity index (χ1) is 14.6. The van der Waals surface area contributed by atoms with Crippen molar-refractivity contribution in [1.29, 1.82) is 0 Å². The lowest BCUT2D eigenvalue weighted by Crippen LogP contribution is -2.42. The lowest BCUT2D eigenvalue weighted by Gasteiger charge is -2.44. The SMILES string of the molecule is CN1c2ccccc2-c2nc3cc4c(cc3n2P1(=O)C(C)(C)C)C(C)(C)C(C)(C)C4(C)C. The molecular formula is C27H36N3OP. The maximum Gasteiger partial charge on any atom is 0.273 e. The number of nitrogens with zero attached hydrogens (tertiary/aromatic N) is 3. The zero-order valence-electron chi connectivity index (χ0n) is 21.2. The quantitative estimate of drug-likeness (QED) is 0.332. The van der Waals surface area contributed by atoms with Crippen molar-refractivity contribution in [2.45, 2.75) is 78.3 Å². The molecule has 1 aromatic heterocycles. The van der Waals surface area contributed by atoms with E-state index < -0.39 is 12.6 Å². The van der Waals surface area contributed by atoms with Gasteiger partial charge < -0.3 is 4.67 Å². The first-order valence-corrected chi connectivity index (χ1v) is 13.2. The standard InChI is InChI=1S/C27H36N3OP/c1-24(2,3)32(31)29(10)21-14-12-11-13-17(21)23-28-20-15-18-19(16-22(20)30(23)32)26(6,7)27(8,9)25(18,4)5/h11-16H,1-10H3. The third-order valence-electron chi connectivity index (χ3n) is 9.29. The molecule has 0 fully saturated rings. The molecule has 5 heteroatoms. The monoisotopic (exact) mass is 449 g/mol. The smallest absolute Gasteiger partial charge is 0.273 e. The van der Waals surface area contributed by atoms with E-state index in [4.69, 9.17) is 4.98 Å². The zero-order chi connectivity index (χ0) is 23.6. The maximum atomic E-state index is 15.0. The highest BCUT2D eigenvalue weighted by molar-refractivity contribution is 7.66. The number of hydrogen-bond acceptors (Lipinski definition) is 2. The molecule has 2 aromatic carbocycles. The summed E-state index contributed by atoms with van der Waals surface area (Å²) in [5, 5.41) is -0.454. The normalized spacial score (nSPS) is 24.9. The van der Waals surface area contributed by atoms with E-state index in [0.29, 0.717) is 0 Å². The number of para-hydroxylation sites is 1. The van der Waals surface area contributed by atoms with Crippen molar-refractivity contribution in [3.8, 4) is 11.4 Å². The fourth-order valence-electron chi connectivity index (χ4n) is 6.02. The molecule has 0 spiro atoms. The van der Waals surface area contributed by atoms with Crippen LogP contribution in [0.25, 0.3) is 22.4 Å². The molecule has 0 N–H and O–H groups in total. The largest absolute Gasteiger partial charge is 0.308 e. The van der Waals surface area contributed by atoms with Crippen LogP contribution in [0.2, 0.25) is 0 Å². The predicted molar refractivity (Wildman–Crippen MR) is 136 cm³/mol. The summed E-state index contributed by atoms with van der Waals surface area (Å²) in [7, 11) is -1.08. The first-order valence-electron chi connectivity index (χ1n) is 11.6. The van der Waals surface area contributed by atoms with Crippen molar-refractivity contribution in [3.63, 3.8) is 0 Å². The average Bonchev–Trinajstić information content (AvgIpc) is 3.12. The zero-order valence-corrected chi connectivity index (χ0v) is 22.1. The van der Waals surface area contributed by atoms with Crippen molar-refractivity contribution in [3.05, 3.63) is 47.5 Å². The number of anilines is 1. The Bertz CT molecular complexity index is 1340. The summed E-state index contributed by atoms with van der Waals surface area (Å²) >= 11 is 0. The van der Waals surface area contributed by atoms with Gasteiger partial charge in [0, 0.05) is 12.6 Å². The summed E-state index contributed by atoms with van der Waals surface area (Å²) in [6.07, 6.45) is 0. The van der Waals surface area contributed by atoms with Crippen LogP contribution in [-0.4, -0.2) is 21.5 Å². The number of hydrogen-bond donors (Lipinski definition) is 0. The topological polar surface area (TPSA) is 38.1 Å². The number of aromatic nitrogens is 2. The molecule has 1 aliphatic heterocycles. The van der Waals surface area contributed by atoms with Gasteiger partial charge >= 0.3 is 0 Å². The Morgan fingerprint density at radius 3 is 2.06 bits per heavy atom. The summed E-state index contributed by atoms with van der Waals surface area (Å²) < 4.78 is 19.1. The van der Waals surface area contributed by atoms with Crippen LogP contribution in [0.1, 0.15) is 73.4 Å². The van der Waals surface area contributed by atoms with Crippen LogP contribution in [0.4, 0.5) is 5.69 Å². The second-order valence-corrected chi connectivity index (χ2v) is 15.7. The van der Waals surface area contributed by atoms with Gasteiger partial charge in [0.15, 0.2) is 0 Å². The Balaban J connectivity index is 1.95. The highest BCUT2D eigenvalue weighted by Crippen LogP contribution is 2.69.